The van der Waals surface area contributed by atoms with Gasteiger partial charge < -0.3 is 15.7 Å². The molecule has 1 aromatic rings. The van der Waals surface area contributed by atoms with E-state index in [0.717, 1.165) is 6.42 Å². The van der Waals surface area contributed by atoms with Crippen molar-refractivity contribution in [2.24, 2.45) is 0 Å². The topological polar surface area (TPSA) is 91.3 Å². The van der Waals surface area contributed by atoms with Gasteiger partial charge in [0.25, 0.3) is 0 Å². The lowest BCUT2D eigenvalue weighted by Gasteiger charge is -2.08. The maximum Gasteiger partial charge on any atom is 0.335 e. The van der Waals surface area contributed by atoms with E-state index in [2.05, 4.69) is 15.6 Å². The minimum atomic E-state index is -0.981. The molecule has 6 heteroatoms. The molecule has 0 fully saturated rings. The first-order chi connectivity index (χ1) is 9.56. The standard InChI is InChI=1S/C14H21N3O3/c1-3-6-16-13(18)5-7-15-12-9-10(14(19)20)8-11(4-2)17-12/h8-9H,3-7H2,1-2H3,(H,15,17)(H,16,18)(H,19,20). The number of carbonyl (C=O) groups excluding carboxylic acids is 1. The van der Waals surface area contributed by atoms with Crippen LogP contribution < -0.4 is 10.6 Å². The Labute approximate surface area is 118 Å². The Morgan fingerprint density at radius 3 is 2.60 bits per heavy atom. The molecule has 0 aliphatic heterocycles. The number of amides is 1. The number of pyridine rings is 1. The van der Waals surface area contributed by atoms with Crippen LogP contribution in [0.25, 0.3) is 0 Å². The first kappa shape index (κ1) is 15.9. The molecule has 110 valence electrons. The van der Waals surface area contributed by atoms with Crippen LogP contribution in [0.3, 0.4) is 0 Å². The summed E-state index contributed by atoms with van der Waals surface area (Å²) in [6.07, 6.45) is 1.90. The van der Waals surface area contributed by atoms with Gasteiger partial charge in [0.05, 0.1) is 5.56 Å². The first-order valence-electron chi connectivity index (χ1n) is 6.81. The Morgan fingerprint density at radius 1 is 1.25 bits per heavy atom. The SMILES string of the molecule is CCCNC(=O)CCNc1cc(C(=O)O)cc(CC)n1. The van der Waals surface area contributed by atoms with E-state index >= 15 is 0 Å². The third kappa shape index (κ3) is 5.26. The van der Waals surface area contributed by atoms with Gasteiger partial charge in [0.15, 0.2) is 0 Å². The van der Waals surface area contributed by atoms with Crippen molar-refractivity contribution in [3.63, 3.8) is 0 Å². The zero-order valence-electron chi connectivity index (χ0n) is 11.9. The zero-order valence-corrected chi connectivity index (χ0v) is 11.9. The monoisotopic (exact) mass is 279 g/mol. The minimum Gasteiger partial charge on any atom is -0.478 e. The molecule has 1 rings (SSSR count). The van der Waals surface area contributed by atoms with Crippen LogP contribution >= 0.6 is 0 Å². The van der Waals surface area contributed by atoms with E-state index in [-0.39, 0.29) is 11.5 Å². The molecule has 0 atom stereocenters. The van der Waals surface area contributed by atoms with Crippen LogP contribution in [-0.2, 0) is 11.2 Å². The van der Waals surface area contributed by atoms with Crippen LogP contribution in [-0.4, -0.2) is 35.1 Å². The first-order valence-corrected chi connectivity index (χ1v) is 6.81. The molecule has 0 aromatic carbocycles. The summed E-state index contributed by atoms with van der Waals surface area (Å²) in [7, 11) is 0. The molecule has 0 spiro atoms. The minimum absolute atomic E-state index is 0.0237. The van der Waals surface area contributed by atoms with Crippen LogP contribution in [0.15, 0.2) is 12.1 Å². The van der Waals surface area contributed by atoms with Crippen LogP contribution in [0, 0.1) is 0 Å². The average molecular weight is 279 g/mol. The van der Waals surface area contributed by atoms with Gasteiger partial charge in [-0.3, -0.25) is 4.79 Å². The average Bonchev–Trinajstić information content (AvgIpc) is 2.44. The largest absolute Gasteiger partial charge is 0.478 e. The second-order valence-electron chi connectivity index (χ2n) is 4.42. The third-order valence-electron chi connectivity index (χ3n) is 2.72. The van der Waals surface area contributed by atoms with Gasteiger partial charge in [0.1, 0.15) is 5.82 Å². The van der Waals surface area contributed by atoms with Crippen LogP contribution in [0.2, 0.25) is 0 Å². The number of aromatic carboxylic acids is 1. The number of nitrogens with zero attached hydrogens (tertiary/aromatic N) is 1. The summed E-state index contributed by atoms with van der Waals surface area (Å²) in [5.41, 5.74) is 0.914. The van der Waals surface area contributed by atoms with Crippen molar-refractivity contribution in [1.29, 1.82) is 0 Å². The number of aryl methyl sites for hydroxylation is 1. The maximum atomic E-state index is 11.4. The van der Waals surface area contributed by atoms with Crippen LogP contribution in [0.4, 0.5) is 5.82 Å². The lowest BCUT2D eigenvalue weighted by atomic mass is 10.2. The molecule has 0 aliphatic carbocycles. The van der Waals surface area contributed by atoms with Gasteiger partial charge in [-0.1, -0.05) is 13.8 Å². The van der Waals surface area contributed by atoms with Gasteiger partial charge in [-0.2, -0.15) is 0 Å². The summed E-state index contributed by atoms with van der Waals surface area (Å²) in [5.74, 6) is -0.514. The molecule has 6 nitrogen and oxygen atoms in total. The van der Waals surface area contributed by atoms with E-state index in [1.807, 2.05) is 13.8 Å². The molecule has 0 saturated heterocycles. The van der Waals surface area contributed by atoms with Crippen molar-refractivity contribution in [2.75, 3.05) is 18.4 Å². The van der Waals surface area contributed by atoms with Gasteiger partial charge in [-0.15, -0.1) is 0 Å². The lowest BCUT2D eigenvalue weighted by molar-refractivity contribution is -0.120. The van der Waals surface area contributed by atoms with Gasteiger partial charge in [0, 0.05) is 25.2 Å². The predicted molar refractivity (Wildman–Crippen MR) is 77.0 cm³/mol. The Kier molecular flexibility index (Phi) is 6.49. The smallest absolute Gasteiger partial charge is 0.335 e. The number of carboxylic acid groups (broad SMARTS) is 1. The van der Waals surface area contributed by atoms with E-state index < -0.39 is 5.97 Å². The second kappa shape index (κ2) is 8.14. The number of nitrogens with one attached hydrogen (secondary N) is 2. The van der Waals surface area contributed by atoms with Gasteiger partial charge in [-0.25, -0.2) is 9.78 Å². The Morgan fingerprint density at radius 2 is 2.00 bits per heavy atom. The Bertz CT molecular complexity index is 475. The Balaban J connectivity index is 2.57. The highest BCUT2D eigenvalue weighted by atomic mass is 16.4. The molecular weight excluding hydrogens is 258 g/mol. The normalized spacial score (nSPS) is 10.1. The lowest BCUT2D eigenvalue weighted by Crippen LogP contribution is -2.26. The fourth-order valence-electron chi connectivity index (χ4n) is 1.64. The summed E-state index contributed by atoms with van der Waals surface area (Å²) in [4.78, 5) is 26.7. The molecule has 0 saturated carbocycles. The molecule has 0 bridgehead atoms. The molecule has 1 amide bonds. The van der Waals surface area contributed by atoms with Crippen LogP contribution in [0.5, 0.6) is 0 Å². The molecule has 0 radical (unpaired) electrons. The van der Waals surface area contributed by atoms with Gasteiger partial charge >= 0.3 is 5.97 Å². The quantitative estimate of drug-likeness (QED) is 0.673. The summed E-state index contributed by atoms with van der Waals surface area (Å²) < 4.78 is 0. The number of rotatable bonds is 8. The van der Waals surface area contributed by atoms with Crippen molar-refractivity contribution in [2.45, 2.75) is 33.1 Å². The van der Waals surface area contributed by atoms with Gasteiger partial charge in [-0.05, 0) is 25.0 Å². The molecule has 0 aliphatic rings. The predicted octanol–water partition coefficient (Wildman–Crippen LogP) is 1.67. The number of aromatic nitrogens is 1. The zero-order chi connectivity index (χ0) is 15.0. The molecule has 0 unspecified atom stereocenters. The number of anilines is 1. The van der Waals surface area contributed by atoms with Crippen LogP contribution in [0.1, 0.15) is 42.7 Å². The summed E-state index contributed by atoms with van der Waals surface area (Å²) in [6, 6.07) is 3.03. The fourth-order valence-corrected chi connectivity index (χ4v) is 1.64. The van der Waals surface area contributed by atoms with E-state index in [9.17, 15) is 9.59 Å². The van der Waals surface area contributed by atoms with Gasteiger partial charge in [0.2, 0.25) is 5.91 Å². The maximum absolute atomic E-state index is 11.4. The summed E-state index contributed by atoms with van der Waals surface area (Å²) >= 11 is 0. The van der Waals surface area contributed by atoms with Crippen molar-refractivity contribution in [3.8, 4) is 0 Å². The van der Waals surface area contributed by atoms with Crippen molar-refractivity contribution < 1.29 is 14.7 Å². The summed E-state index contributed by atoms with van der Waals surface area (Å²) in [6.45, 7) is 5.00. The molecular formula is C14H21N3O3. The highest BCUT2D eigenvalue weighted by molar-refractivity contribution is 5.88. The molecule has 1 aromatic heterocycles. The molecule has 20 heavy (non-hydrogen) atoms. The molecule has 3 N–H and O–H groups in total. The summed E-state index contributed by atoms with van der Waals surface area (Å²) in [5, 5.41) is 14.8. The number of hydrogen-bond acceptors (Lipinski definition) is 4. The number of hydrogen-bond donors (Lipinski definition) is 3. The molecule has 1 heterocycles. The highest BCUT2D eigenvalue weighted by Gasteiger charge is 2.08. The third-order valence-corrected chi connectivity index (χ3v) is 2.72. The Hall–Kier alpha value is -2.11. The number of carboxylic acids is 1. The van der Waals surface area contributed by atoms with Crippen molar-refractivity contribution >= 4 is 17.7 Å². The second-order valence-corrected chi connectivity index (χ2v) is 4.42. The van der Waals surface area contributed by atoms with Crippen molar-refractivity contribution in [1.82, 2.24) is 10.3 Å². The van der Waals surface area contributed by atoms with E-state index in [4.69, 9.17) is 5.11 Å². The number of carbonyl (C=O) groups is 2. The van der Waals surface area contributed by atoms with E-state index in [1.165, 1.54) is 6.07 Å². The van der Waals surface area contributed by atoms with Crippen molar-refractivity contribution in [3.05, 3.63) is 23.4 Å². The van der Waals surface area contributed by atoms with E-state index in [1.54, 1.807) is 6.07 Å². The fraction of sp³-hybridized carbons (Fsp3) is 0.500. The van der Waals surface area contributed by atoms with E-state index in [0.29, 0.717) is 37.4 Å². The highest BCUT2D eigenvalue weighted by Crippen LogP contribution is 2.11.